The minimum Gasteiger partial charge on any atom is -0.486 e. The fourth-order valence-corrected chi connectivity index (χ4v) is 2.98. The largest absolute Gasteiger partial charge is 0.486 e. The van der Waals surface area contributed by atoms with Gasteiger partial charge in [-0.25, -0.2) is 9.50 Å². The Morgan fingerprint density at radius 1 is 1.04 bits per heavy atom. The van der Waals surface area contributed by atoms with E-state index in [-0.39, 0.29) is 11.6 Å². The van der Waals surface area contributed by atoms with Gasteiger partial charge >= 0.3 is 6.18 Å². The summed E-state index contributed by atoms with van der Waals surface area (Å²) in [6, 6.07) is 8.45. The number of anilines is 2. The van der Waals surface area contributed by atoms with Crippen molar-refractivity contribution in [3.05, 3.63) is 42.0 Å². The lowest BCUT2D eigenvalue weighted by Gasteiger charge is -2.17. The Kier molecular flexibility index (Phi) is 3.24. The van der Waals surface area contributed by atoms with E-state index in [9.17, 15) is 13.2 Å². The molecule has 2 aromatic carbocycles. The molecule has 0 atom stereocenters. The maximum atomic E-state index is 12.8. The molecule has 27 heavy (non-hydrogen) atoms. The molecule has 5 rings (SSSR count). The number of hydrogen-bond donors (Lipinski definition) is 2. The number of alkyl halides is 3. The maximum Gasteiger partial charge on any atom is 0.416 e. The van der Waals surface area contributed by atoms with E-state index in [0.717, 1.165) is 17.6 Å². The highest BCUT2D eigenvalue weighted by molar-refractivity contribution is 5.83. The highest BCUT2D eigenvalue weighted by Gasteiger charge is 2.30. The highest BCUT2D eigenvalue weighted by atomic mass is 19.4. The predicted molar refractivity (Wildman–Crippen MR) is 90.6 cm³/mol. The number of ether oxygens (including phenoxy) is 2. The monoisotopic (exact) mass is 375 g/mol. The standard InChI is InChI=1S/C17H12F3N5O2/c18-17(19,20)9-2-1-3-10(6-9)21-15-23-16-22-11-7-13-14(27-5-4-26-13)8-12(11)25(16)24-15/h1-3,6-8H,4-5H2,(H2,21,22,23,24). The number of aromatic nitrogens is 4. The van der Waals surface area contributed by atoms with Crippen LogP contribution in [-0.2, 0) is 6.18 Å². The number of halogens is 3. The summed E-state index contributed by atoms with van der Waals surface area (Å²) in [5.74, 6) is 1.88. The molecule has 0 saturated heterocycles. The van der Waals surface area contributed by atoms with Crippen LogP contribution in [0.3, 0.4) is 0 Å². The minimum atomic E-state index is -4.41. The van der Waals surface area contributed by atoms with Gasteiger partial charge in [0.2, 0.25) is 5.95 Å². The first-order chi connectivity index (χ1) is 13.0. The summed E-state index contributed by atoms with van der Waals surface area (Å²) in [4.78, 5) is 8.69. The molecule has 0 radical (unpaired) electrons. The summed E-state index contributed by atoms with van der Waals surface area (Å²) in [5.41, 5.74) is 0.917. The van der Waals surface area contributed by atoms with Gasteiger partial charge in [0.1, 0.15) is 13.2 Å². The van der Waals surface area contributed by atoms with Crippen molar-refractivity contribution in [1.29, 1.82) is 0 Å². The van der Waals surface area contributed by atoms with Gasteiger partial charge in [-0.1, -0.05) is 6.07 Å². The van der Waals surface area contributed by atoms with Crippen molar-refractivity contribution in [2.45, 2.75) is 6.18 Å². The van der Waals surface area contributed by atoms with Crippen LogP contribution in [0.5, 0.6) is 11.5 Å². The topological polar surface area (TPSA) is 76.5 Å². The molecule has 0 saturated carbocycles. The molecular formula is C17H12F3N5O2. The van der Waals surface area contributed by atoms with E-state index in [1.165, 1.54) is 12.1 Å². The zero-order chi connectivity index (χ0) is 18.6. The van der Waals surface area contributed by atoms with Crippen LogP contribution in [0.2, 0.25) is 0 Å². The van der Waals surface area contributed by atoms with Gasteiger partial charge in [0.25, 0.3) is 5.78 Å². The van der Waals surface area contributed by atoms with Gasteiger partial charge < -0.3 is 14.8 Å². The van der Waals surface area contributed by atoms with E-state index in [1.807, 2.05) is 0 Å². The van der Waals surface area contributed by atoms with Crippen molar-refractivity contribution in [2.75, 3.05) is 18.5 Å². The summed E-state index contributed by atoms with van der Waals surface area (Å²) >= 11 is 0. The van der Waals surface area contributed by atoms with E-state index in [1.54, 1.807) is 16.6 Å². The fourth-order valence-electron chi connectivity index (χ4n) is 2.98. The number of hydrogen-bond acceptors (Lipinski definition) is 5. The lowest BCUT2D eigenvalue weighted by atomic mass is 10.2. The molecule has 4 aromatic rings. The minimum absolute atomic E-state index is 0.264. The van der Waals surface area contributed by atoms with Gasteiger partial charge in [0, 0.05) is 17.8 Å². The van der Waals surface area contributed by atoms with Crippen LogP contribution >= 0.6 is 0 Å². The van der Waals surface area contributed by atoms with Gasteiger partial charge in [-0.3, -0.25) is 5.10 Å². The van der Waals surface area contributed by atoms with Crippen LogP contribution in [0.25, 0.3) is 16.8 Å². The van der Waals surface area contributed by atoms with E-state index < -0.39 is 11.7 Å². The van der Waals surface area contributed by atoms with E-state index >= 15 is 0 Å². The summed E-state index contributed by atoms with van der Waals surface area (Å²) in [5, 5.41) is 5.82. The zero-order valence-corrected chi connectivity index (χ0v) is 13.7. The maximum absolute atomic E-state index is 12.8. The number of fused-ring (bicyclic) bond motifs is 4. The second kappa shape index (κ2) is 5.53. The van der Waals surface area contributed by atoms with Crippen LogP contribution in [0.15, 0.2) is 36.4 Å². The normalized spacial score (nSPS) is 14.0. The Balaban J connectivity index is 1.52. The fraction of sp³-hybridized carbons (Fsp3) is 0.176. The number of benzene rings is 2. The van der Waals surface area contributed by atoms with Crippen molar-refractivity contribution in [1.82, 2.24) is 19.6 Å². The van der Waals surface area contributed by atoms with Crippen LogP contribution in [0.4, 0.5) is 24.8 Å². The third-order valence-electron chi connectivity index (χ3n) is 4.18. The van der Waals surface area contributed by atoms with Crippen molar-refractivity contribution < 1.29 is 22.6 Å². The Hall–Kier alpha value is -3.43. The molecule has 2 aromatic heterocycles. The molecule has 0 unspecified atom stereocenters. The number of H-pyrrole nitrogens is 1. The molecule has 1 aliphatic rings. The van der Waals surface area contributed by atoms with Gasteiger partial charge in [-0.15, -0.1) is 0 Å². The predicted octanol–water partition coefficient (Wildman–Crippen LogP) is 3.74. The van der Waals surface area contributed by atoms with Crippen molar-refractivity contribution in [3.63, 3.8) is 0 Å². The van der Waals surface area contributed by atoms with Gasteiger partial charge in [0.15, 0.2) is 11.5 Å². The number of rotatable bonds is 2. The average Bonchev–Trinajstić information content (AvgIpc) is 3.16. The van der Waals surface area contributed by atoms with Crippen molar-refractivity contribution >= 4 is 28.4 Å². The SMILES string of the molecule is FC(F)(F)c1cccc(Nc2nc3nc4cc5c(cc4n3[nH]2)OCCO5)c1. The first-order valence-electron chi connectivity index (χ1n) is 8.09. The van der Waals surface area contributed by atoms with Crippen molar-refractivity contribution in [3.8, 4) is 11.5 Å². The Bertz CT molecular complexity index is 1160. The third kappa shape index (κ3) is 2.69. The highest BCUT2D eigenvalue weighted by Crippen LogP contribution is 2.35. The van der Waals surface area contributed by atoms with E-state index in [2.05, 4.69) is 20.4 Å². The van der Waals surface area contributed by atoms with Crippen LogP contribution in [-0.4, -0.2) is 32.8 Å². The molecule has 0 fully saturated rings. The average molecular weight is 375 g/mol. The number of aromatic amines is 1. The molecule has 10 heteroatoms. The second-order valence-electron chi connectivity index (χ2n) is 6.01. The van der Waals surface area contributed by atoms with Gasteiger partial charge in [-0.05, 0) is 18.2 Å². The molecule has 1 aliphatic heterocycles. The second-order valence-corrected chi connectivity index (χ2v) is 6.01. The number of imidazole rings is 1. The lowest BCUT2D eigenvalue weighted by molar-refractivity contribution is -0.137. The summed E-state index contributed by atoms with van der Waals surface area (Å²) in [7, 11) is 0. The molecular weight excluding hydrogens is 363 g/mol. The van der Waals surface area contributed by atoms with Crippen LogP contribution in [0, 0.1) is 0 Å². The molecule has 2 N–H and O–H groups in total. The van der Waals surface area contributed by atoms with E-state index in [0.29, 0.717) is 36.0 Å². The molecule has 0 bridgehead atoms. The zero-order valence-electron chi connectivity index (χ0n) is 13.7. The van der Waals surface area contributed by atoms with Gasteiger partial charge in [0.05, 0.1) is 16.6 Å². The molecule has 7 nitrogen and oxygen atoms in total. The third-order valence-corrected chi connectivity index (χ3v) is 4.18. The smallest absolute Gasteiger partial charge is 0.416 e. The van der Waals surface area contributed by atoms with Gasteiger partial charge in [-0.2, -0.15) is 18.2 Å². The molecule has 0 aliphatic carbocycles. The summed E-state index contributed by atoms with van der Waals surface area (Å²) < 4.78 is 51.3. The molecule has 138 valence electrons. The first-order valence-corrected chi connectivity index (χ1v) is 8.09. The molecule has 0 spiro atoms. The quantitative estimate of drug-likeness (QED) is 0.558. The first kappa shape index (κ1) is 15.8. The number of nitrogens with zero attached hydrogens (tertiary/aromatic N) is 3. The Morgan fingerprint density at radius 2 is 1.81 bits per heavy atom. The molecule has 3 heterocycles. The van der Waals surface area contributed by atoms with Crippen molar-refractivity contribution in [2.24, 2.45) is 0 Å². The Labute approximate surface area is 149 Å². The number of nitrogens with one attached hydrogen (secondary N) is 2. The Morgan fingerprint density at radius 3 is 2.59 bits per heavy atom. The summed E-state index contributed by atoms with van der Waals surface area (Å²) in [6.07, 6.45) is -4.41. The lowest BCUT2D eigenvalue weighted by Crippen LogP contribution is -2.15. The molecule has 0 amide bonds. The van der Waals surface area contributed by atoms with E-state index in [4.69, 9.17) is 9.47 Å². The van der Waals surface area contributed by atoms with Crippen LogP contribution in [0.1, 0.15) is 5.56 Å². The van der Waals surface area contributed by atoms with Crippen LogP contribution < -0.4 is 14.8 Å². The summed E-state index contributed by atoms with van der Waals surface area (Å²) in [6.45, 7) is 0.944.